The van der Waals surface area contributed by atoms with Gasteiger partial charge in [-0.3, -0.25) is 9.69 Å². The van der Waals surface area contributed by atoms with E-state index in [1.54, 1.807) is 7.11 Å². The van der Waals surface area contributed by atoms with Crippen LogP contribution in [0.5, 0.6) is 5.75 Å². The number of hydrogen-bond acceptors (Lipinski definition) is 6. The molecule has 228 valence electrons. The van der Waals surface area contributed by atoms with Crippen molar-refractivity contribution in [3.63, 3.8) is 0 Å². The Morgan fingerprint density at radius 3 is 2.30 bits per heavy atom. The lowest BCUT2D eigenvalue weighted by atomic mass is 9.87. The van der Waals surface area contributed by atoms with Crippen LogP contribution in [-0.2, 0) is 20.8 Å². The molecule has 1 aliphatic heterocycles. The van der Waals surface area contributed by atoms with Crippen molar-refractivity contribution in [3.8, 4) is 5.75 Å². The molecule has 1 saturated heterocycles. The van der Waals surface area contributed by atoms with Crippen molar-refractivity contribution in [1.82, 2.24) is 9.80 Å². The fourth-order valence-electron chi connectivity index (χ4n) is 6.60. The number of piperidine rings is 1. The molecular weight excluding hydrogens is 540 g/mol. The second-order valence-corrected chi connectivity index (χ2v) is 11.7. The normalized spacial score (nSPS) is 19.7. The van der Waals surface area contributed by atoms with E-state index in [4.69, 9.17) is 14.2 Å². The van der Waals surface area contributed by atoms with Crippen LogP contribution in [0.2, 0.25) is 0 Å². The van der Waals surface area contributed by atoms with Gasteiger partial charge in [0.05, 0.1) is 26.7 Å². The van der Waals surface area contributed by atoms with Crippen molar-refractivity contribution in [3.05, 3.63) is 101 Å². The van der Waals surface area contributed by atoms with Gasteiger partial charge in [-0.1, -0.05) is 78.4 Å². The highest BCUT2D eigenvalue weighted by Crippen LogP contribution is 2.49. The van der Waals surface area contributed by atoms with E-state index in [9.17, 15) is 9.59 Å². The number of likely N-dealkylation sites (tertiary alicyclic amines) is 1. The van der Waals surface area contributed by atoms with Gasteiger partial charge in [0.15, 0.2) is 0 Å². The van der Waals surface area contributed by atoms with Gasteiger partial charge in [0.1, 0.15) is 5.75 Å². The highest BCUT2D eigenvalue weighted by molar-refractivity contribution is 5.72. The van der Waals surface area contributed by atoms with Gasteiger partial charge in [0, 0.05) is 43.7 Å². The minimum atomic E-state index is -0.241. The Bertz CT molecular complexity index is 1340. The molecule has 3 aromatic rings. The topological polar surface area (TPSA) is 68.3 Å². The standard InChI is InChI=1S/C36H44N2O5/c1-4-42-36(40)38(35-31-24-37(25-32(31)35)23-27-13-7-5-8-14-27)19-11-12-20-43-34(39)22-29(28-15-9-6-10-16-28)30-21-26(2)17-18-33(30)41-3/h5-10,13-18,21,29,31-32,35H,4,11-12,19-20,22-25H2,1-3H3. The lowest BCUT2D eigenvalue weighted by molar-refractivity contribution is -0.144. The second-order valence-electron chi connectivity index (χ2n) is 11.7. The van der Waals surface area contributed by atoms with Gasteiger partial charge in [-0.2, -0.15) is 0 Å². The molecule has 0 aromatic heterocycles. The zero-order chi connectivity index (χ0) is 30.2. The number of fused-ring (bicyclic) bond motifs is 1. The summed E-state index contributed by atoms with van der Waals surface area (Å²) in [5.41, 5.74) is 4.46. The zero-order valence-corrected chi connectivity index (χ0v) is 25.6. The van der Waals surface area contributed by atoms with Gasteiger partial charge in [-0.15, -0.1) is 0 Å². The largest absolute Gasteiger partial charge is 0.496 e. The zero-order valence-electron chi connectivity index (χ0n) is 25.6. The number of aryl methyl sites for hydroxylation is 1. The number of nitrogens with zero attached hydrogens (tertiary/aromatic N) is 2. The Kier molecular flexibility index (Phi) is 10.4. The van der Waals surface area contributed by atoms with Crippen LogP contribution in [0.4, 0.5) is 4.79 Å². The number of esters is 1. The van der Waals surface area contributed by atoms with E-state index in [2.05, 4.69) is 35.2 Å². The lowest BCUT2D eigenvalue weighted by Gasteiger charge is -2.27. The Hall–Kier alpha value is -3.84. The summed E-state index contributed by atoms with van der Waals surface area (Å²) in [4.78, 5) is 30.3. The maximum absolute atomic E-state index is 13.0. The maximum Gasteiger partial charge on any atom is 0.410 e. The molecule has 3 atom stereocenters. The Labute approximate surface area is 255 Å². The van der Waals surface area contributed by atoms with Crippen LogP contribution in [0, 0.1) is 18.8 Å². The van der Waals surface area contributed by atoms with E-state index in [-0.39, 0.29) is 30.4 Å². The molecular formula is C36H44N2O5. The van der Waals surface area contributed by atoms with Crippen molar-refractivity contribution in [1.29, 1.82) is 0 Å². The quantitative estimate of drug-likeness (QED) is 0.161. The van der Waals surface area contributed by atoms with Gasteiger partial charge in [-0.05, 0) is 55.7 Å². The number of carbonyl (C=O) groups is 2. The molecule has 1 heterocycles. The van der Waals surface area contributed by atoms with Gasteiger partial charge in [0.2, 0.25) is 0 Å². The number of rotatable bonds is 14. The average molecular weight is 585 g/mol. The monoisotopic (exact) mass is 584 g/mol. The molecule has 1 amide bonds. The van der Waals surface area contributed by atoms with Crippen LogP contribution in [0.25, 0.3) is 0 Å². The van der Waals surface area contributed by atoms with E-state index in [1.807, 2.05) is 67.3 Å². The molecule has 2 aliphatic rings. The second kappa shape index (κ2) is 14.6. The van der Waals surface area contributed by atoms with Crippen molar-refractivity contribution in [2.45, 2.75) is 51.6 Å². The third-order valence-electron chi connectivity index (χ3n) is 8.73. The van der Waals surface area contributed by atoms with Crippen LogP contribution >= 0.6 is 0 Å². The van der Waals surface area contributed by atoms with Crippen molar-refractivity contribution >= 4 is 12.1 Å². The molecule has 1 saturated carbocycles. The van der Waals surface area contributed by atoms with E-state index in [0.717, 1.165) is 48.5 Å². The first-order valence-electron chi connectivity index (χ1n) is 15.5. The predicted octanol–water partition coefficient (Wildman–Crippen LogP) is 6.44. The number of carbonyl (C=O) groups excluding carboxylic acids is 2. The Balaban J connectivity index is 1.11. The highest BCUT2D eigenvalue weighted by Gasteiger charge is 2.59. The van der Waals surface area contributed by atoms with E-state index in [0.29, 0.717) is 38.0 Å². The van der Waals surface area contributed by atoms with E-state index < -0.39 is 0 Å². The minimum Gasteiger partial charge on any atom is -0.496 e. The molecule has 7 nitrogen and oxygen atoms in total. The molecule has 0 spiro atoms. The fraction of sp³-hybridized carbons (Fsp3) is 0.444. The minimum absolute atomic E-state index is 0.168. The first-order valence-corrected chi connectivity index (χ1v) is 15.5. The number of methoxy groups -OCH3 is 1. The Morgan fingerprint density at radius 2 is 1.63 bits per heavy atom. The first kappa shape index (κ1) is 30.6. The fourth-order valence-corrected chi connectivity index (χ4v) is 6.60. The molecule has 3 aromatic carbocycles. The Morgan fingerprint density at radius 1 is 0.930 bits per heavy atom. The summed E-state index contributed by atoms with van der Waals surface area (Å²) in [5.74, 6) is 1.35. The molecule has 0 radical (unpaired) electrons. The molecule has 2 fully saturated rings. The van der Waals surface area contributed by atoms with Crippen LogP contribution in [0.15, 0.2) is 78.9 Å². The SMILES string of the molecule is CCOC(=O)N(CCCCOC(=O)CC(c1ccccc1)c1cc(C)ccc1OC)C1C2CN(Cc3ccccc3)CC21. The predicted molar refractivity (Wildman–Crippen MR) is 167 cm³/mol. The molecule has 1 aliphatic carbocycles. The summed E-state index contributed by atoms with van der Waals surface area (Å²) in [7, 11) is 1.66. The summed E-state index contributed by atoms with van der Waals surface area (Å²) in [6.45, 7) is 8.15. The summed E-state index contributed by atoms with van der Waals surface area (Å²) >= 11 is 0. The van der Waals surface area contributed by atoms with Gasteiger partial charge < -0.3 is 19.1 Å². The van der Waals surface area contributed by atoms with Crippen LogP contribution < -0.4 is 4.74 Å². The van der Waals surface area contributed by atoms with Crippen molar-refractivity contribution in [2.75, 3.05) is 40.0 Å². The summed E-state index contributed by atoms with van der Waals surface area (Å²) in [6, 6.07) is 26.9. The first-order chi connectivity index (χ1) is 21.0. The molecule has 3 unspecified atom stereocenters. The molecule has 0 N–H and O–H groups in total. The van der Waals surface area contributed by atoms with Gasteiger partial charge in [0.25, 0.3) is 0 Å². The molecule has 5 rings (SSSR count). The smallest absolute Gasteiger partial charge is 0.410 e. The summed E-state index contributed by atoms with van der Waals surface area (Å²) < 4.78 is 16.8. The number of ether oxygens (including phenoxy) is 3. The molecule has 0 bridgehead atoms. The van der Waals surface area contributed by atoms with Crippen LogP contribution in [0.1, 0.15) is 54.4 Å². The molecule has 43 heavy (non-hydrogen) atoms. The van der Waals surface area contributed by atoms with E-state index >= 15 is 0 Å². The number of amides is 1. The third-order valence-corrected chi connectivity index (χ3v) is 8.73. The highest BCUT2D eigenvalue weighted by atomic mass is 16.6. The third kappa shape index (κ3) is 7.77. The molecule has 7 heteroatoms. The van der Waals surface area contributed by atoms with E-state index in [1.165, 1.54) is 5.56 Å². The van der Waals surface area contributed by atoms with Crippen molar-refractivity contribution in [2.24, 2.45) is 11.8 Å². The number of hydrogen-bond donors (Lipinski definition) is 0. The van der Waals surface area contributed by atoms with Crippen LogP contribution in [-0.4, -0.2) is 67.9 Å². The summed E-state index contributed by atoms with van der Waals surface area (Å²) in [5, 5.41) is 0. The lowest BCUT2D eigenvalue weighted by Crippen LogP contribution is -2.40. The van der Waals surface area contributed by atoms with Gasteiger partial charge >= 0.3 is 12.1 Å². The van der Waals surface area contributed by atoms with Crippen LogP contribution in [0.3, 0.4) is 0 Å². The van der Waals surface area contributed by atoms with Crippen molar-refractivity contribution < 1.29 is 23.8 Å². The maximum atomic E-state index is 13.0. The summed E-state index contributed by atoms with van der Waals surface area (Å²) in [6.07, 6.45) is 1.44. The number of unbranched alkanes of at least 4 members (excludes halogenated alkanes) is 1. The van der Waals surface area contributed by atoms with Gasteiger partial charge in [-0.25, -0.2) is 4.79 Å². The number of benzene rings is 3. The average Bonchev–Trinajstić information content (AvgIpc) is 3.50.